The third-order valence-corrected chi connectivity index (χ3v) is 4.79. The molecule has 1 aliphatic heterocycles. The maximum absolute atomic E-state index is 10.7. The van der Waals surface area contributed by atoms with E-state index >= 15 is 0 Å². The minimum Gasteiger partial charge on any atom is -0.388 e. The molecule has 1 saturated carbocycles. The van der Waals surface area contributed by atoms with Crippen molar-refractivity contribution in [3.05, 3.63) is 22.4 Å². The standard InChI is InChI=1S/C14H22N2OS/c17-14(4-6-15-7-5-14)11-16(13-1-2-13)9-12-3-8-18-10-12/h3,8,10,13,15,17H,1-2,4-7,9,11H2. The molecule has 0 aromatic carbocycles. The minimum absolute atomic E-state index is 0.468. The van der Waals surface area contributed by atoms with Crippen LogP contribution in [0.2, 0.25) is 0 Å². The Kier molecular flexibility index (Phi) is 3.71. The van der Waals surface area contributed by atoms with Crippen molar-refractivity contribution in [3.8, 4) is 0 Å². The Balaban J connectivity index is 1.62. The number of aliphatic hydroxyl groups is 1. The summed E-state index contributed by atoms with van der Waals surface area (Å²) in [6.07, 6.45) is 4.39. The van der Waals surface area contributed by atoms with Crippen LogP contribution in [-0.2, 0) is 6.54 Å². The fourth-order valence-corrected chi connectivity index (χ4v) is 3.46. The lowest BCUT2D eigenvalue weighted by Gasteiger charge is -2.37. The lowest BCUT2D eigenvalue weighted by atomic mass is 9.91. The second kappa shape index (κ2) is 5.29. The molecule has 0 spiro atoms. The van der Waals surface area contributed by atoms with Crippen LogP contribution in [0.15, 0.2) is 16.8 Å². The van der Waals surface area contributed by atoms with Gasteiger partial charge in [-0.05, 0) is 61.2 Å². The van der Waals surface area contributed by atoms with E-state index in [0.29, 0.717) is 6.04 Å². The summed E-state index contributed by atoms with van der Waals surface area (Å²) in [6.45, 7) is 3.75. The zero-order valence-corrected chi connectivity index (χ0v) is 11.6. The zero-order chi connectivity index (χ0) is 12.4. The molecule has 1 aliphatic carbocycles. The van der Waals surface area contributed by atoms with Crippen molar-refractivity contribution in [2.75, 3.05) is 19.6 Å². The average Bonchev–Trinajstić information content (AvgIpc) is 3.09. The summed E-state index contributed by atoms with van der Waals surface area (Å²) in [4.78, 5) is 2.49. The number of nitrogens with one attached hydrogen (secondary N) is 1. The summed E-state index contributed by atoms with van der Waals surface area (Å²) < 4.78 is 0. The molecule has 0 bridgehead atoms. The van der Waals surface area contributed by atoms with E-state index in [1.54, 1.807) is 11.3 Å². The minimum atomic E-state index is -0.468. The highest BCUT2D eigenvalue weighted by molar-refractivity contribution is 7.07. The molecule has 2 fully saturated rings. The predicted octanol–water partition coefficient (Wildman–Crippen LogP) is 1.83. The number of hydrogen-bond acceptors (Lipinski definition) is 4. The van der Waals surface area contributed by atoms with E-state index in [4.69, 9.17) is 0 Å². The molecule has 18 heavy (non-hydrogen) atoms. The Morgan fingerprint density at radius 2 is 2.17 bits per heavy atom. The second-order valence-electron chi connectivity index (χ2n) is 5.74. The smallest absolute Gasteiger partial charge is 0.0798 e. The van der Waals surface area contributed by atoms with Gasteiger partial charge in [0.05, 0.1) is 5.60 Å². The first-order chi connectivity index (χ1) is 8.75. The van der Waals surface area contributed by atoms with E-state index in [0.717, 1.165) is 39.0 Å². The monoisotopic (exact) mass is 266 g/mol. The average molecular weight is 266 g/mol. The predicted molar refractivity (Wildman–Crippen MR) is 74.8 cm³/mol. The van der Waals surface area contributed by atoms with E-state index in [1.165, 1.54) is 18.4 Å². The van der Waals surface area contributed by atoms with Crippen LogP contribution in [0.3, 0.4) is 0 Å². The van der Waals surface area contributed by atoms with Crippen LogP contribution >= 0.6 is 11.3 Å². The SMILES string of the molecule is OC1(CN(Cc2ccsc2)C2CC2)CCNCC1. The van der Waals surface area contributed by atoms with E-state index in [1.807, 2.05) is 0 Å². The number of hydrogen-bond donors (Lipinski definition) is 2. The van der Waals surface area contributed by atoms with Crippen LogP contribution in [0.4, 0.5) is 0 Å². The Hall–Kier alpha value is -0.420. The third-order valence-electron chi connectivity index (χ3n) is 4.06. The molecule has 0 unspecified atom stereocenters. The summed E-state index contributed by atoms with van der Waals surface area (Å²) in [7, 11) is 0. The van der Waals surface area contributed by atoms with Crippen LogP contribution in [0, 0.1) is 0 Å². The molecule has 0 amide bonds. The van der Waals surface area contributed by atoms with Crippen LogP contribution in [0.1, 0.15) is 31.2 Å². The zero-order valence-electron chi connectivity index (χ0n) is 10.8. The maximum atomic E-state index is 10.7. The Labute approximate surface area is 113 Å². The molecule has 2 heterocycles. The largest absolute Gasteiger partial charge is 0.388 e. The number of thiophene rings is 1. The van der Waals surface area contributed by atoms with Gasteiger partial charge >= 0.3 is 0 Å². The molecule has 1 aromatic rings. The van der Waals surface area contributed by atoms with E-state index in [2.05, 4.69) is 27.0 Å². The molecule has 3 rings (SSSR count). The van der Waals surface area contributed by atoms with Gasteiger partial charge in [-0.25, -0.2) is 0 Å². The topological polar surface area (TPSA) is 35.5 Å². The fourth-order valence-electron chi connectivity index (χ4n) is 2.80. The number of piperidine rings is 1. The van der Waals surface area contributed by atoms with Gasteiger partial charge in [-0.1, -0.05) is 0 Å². The van der Waals surface area contributed by atoms with Crippen LogP contribution in [0.25, 0.3) is 0 Å². The molecule has 0 atom stereocenters. The van der Waals surface area contributed by atoms with Crippen molar-refractivity contribution in [1.29, 1.82) is 0 Å². The van der Waals surface area contributed by atoms with E-state index < -0.39 is 5.60 Å². The Morgan fingerprint density at radius 3 is 2.78 bits per heavy atom. The van der Waals surface area contributed by atoms with Gasteiger partial charge in [0, 0.05) is 19.1 Å². The van der Waals surface area contributed by atoms with Crippen LogP contribution < -0.4 is 5.32 Å². The summed E-state index contributed by atoms with van der Waals surface area (Å²) in [6, 6.07) is 2.91. The van der Waals surface area contributed by atoms with E-state index in [9.17, 15) is 5.11 Å². The molecular weight excluding hydrogens is 244 g/mol. The Morgan fingerprint density at radius 1 is 1.39 bits per heavy atom. The highest BCUT2D eigenvalue weighted by Crippen LogP contribution is 2.31. The highest BCUT2D eigenvalue weighted by atomic mass is 32.1. The van der Waals surface area contributed by atoms with Gasteiger partial charge in [0.2, 0.25) is 0 Å². The molecule has 1 saturated heterocycles. The van der Waals surface area contributed by atoms with Crippen molar-refractivity contribution in [3.63, 3.8) is 0 Å². The van der Waals surface area contributed by atoms with Gasteiger partial charge in [0.15, 0.2) is 0 Å². The van der Waals surface area contributed by atoms with Gasteiger partial charge in [0.25, 0.3) is 0 Å². The van der Waals surface area contributed by atoms with Gasteiger partial charge in [-0.3, -0.25) is 4.90 Å². The molecule has 2 aliphatic rings. The van der Waals surface area contributed by atoms with Crippen molar-refractivity contribution in [2.24, 2.45) is 0 Å². The highest BCUT2D eigenvalue weighted by Gasteiger charge is 2.37. The van der Waals surface area contributed by atoms with Gasteiger partial charge < -0.3 is 10.4 Å². The third kappa shape index (κ3) is 3.12. The molecular formula is C14H22N2OS. The van der Waals surface area contributed by atoms with Gasteiger partial charge in [-0.2, -0.15) is 11.3 Å². The summed E-state index contributed by atoms with van der Waals surface area (Å²) in [5, 5.41) is 18.4. The maximum Gasteiger partial charge on any atom is 0.0798 e. The van der Waals surface area contributed by atoms with Crippen molar-refractivity contribution in [2.45, 2.75) is 43.9 Å². The van der Waals surface area contributed by atoms with Crippen LogP contribution in [0.5, 0.6) is 0 Å². The molecule has 1 aromatic heterocycles. The molecule has 2 N–H and O–H groups in total. The summed E-state index contributed by atoms with van der Waals surface area (Å²) in [5.41, 5.74) is 0.925. The quantitative estimate of drug-likeness (QED) is 0.853. The fraction of sp³-hybridized carbons (Fsp3) is 0.714. The van der Waals surface area contributed by atoms with E-state index in [-0.39, 0.29) is 0 Å². The molecule has 4 heteroatoms. The lowest BCUT2D eigenvalue weighted by Crippen LogP contribution is -2.50. The van der Waals surface area contributed by atoms with Crippen LogP contribution in [-0.4, -0.2) is 41.3 Å². The summed E-state index contributed by atoms with van der Waals surface area (Å²) >= 11 is 1.76. The Bertz CT molecular complexity index is 369. The first-order valence-electron chi connectivity index (χ1n) is 6.93. The second-order valence-corrected chi connectivity index (χ2v) is 6.52. The van der Waals surface area contributed by atoms with Crippen molar-refractivity contribution in [1.82, 2.24) is 10.2 Å². The lowest BCUT2D eigenvalue weighted by molar-refractivity contribution is -0.0249. The normalized spacial score (nSPS) is 23.4. The van der Waals surface area contributed by atoms with Crippen molar-refractivity contribution < 1.29 is 5.11 Å². The first-order valence-corrected chi connectivity index (χ1v) is 7.88. The summed E-state index contributed by atoms with van der Waals surface area (Å²) in [5.74, 6) is 0. The van der Waals surface area contributed by atoms with Crippen molar-refractivity contribution >= 4 is 11.3 Å². The molecule has 3 nitrogen and oxygen atoms in total. The number of rotatable bonds is 5. The van der Waals surface area contributed by atoms with Gasteiger partial charge in [-0.15, -0.1) is 0 Å². The molecule has 100 valence electrons. The van der Waals surface area contributed by atoms with Gasteiger partial charge in [0.1, 0.15) is 0 Å². The molecule has 0 radical (unpaired) electrons. The number of nitrogens with zero attached hydrogens (tertiary/aromatic N) is 1. The first kappa shape index (κ1) is 12.6.